The van der Waals surface area contributed by atoms with Crippen molar-refractivity contribution in [1.82, 2.24) is 4.98 Å². The molecule has 6 heteroatoms. The molecule has 2 aromatic carbocycles. The number of rotatable bonds is 2. The zero-order valence-corrected chi connectivity index (χ0v) is 15.0. The number of aromatic nitrogens is 2. The second-order valence-electron chi connectivity index (χ2n) is 6.18. The van der Waals surface area contributed by atoms with Crippen LogP contribution in [-0.2, 0) is 0 Å². The molecule has 0 aliphatic carbocycles. The van der Waals surface area contributed by atoms with Crippen molar-refractivity contribution in [2.45, 2.75) is 6.92 Å². The van der Waals surface area contributed by atoms with E-state index in [0.717, 1.165) is 16.4 Å². The first kappa shape index (κ1) is 17.4. The van der Waals surface area contributed by atoms with Crippen molar-refractivity contribution in [3.05, 3.63) is 88.4 Å². The molecular weight excluding hydrogens is 370 g/mol. The van der Waals surface area contributed by atoms with Gasteiger partial charge in [-0.15, -0.1) is 0 Å². The number of hydrogen-bond acceptors (Lipinski definition) is 2. The number of halogens is 3. The number of pyridine rings is 2. The van der Waals surface area contributed by atoms with Gasteiger partial charge in [0.15, 0.2) is 6.20 Å². The number of nitrogens with zero attached hydrogens (tertiary/aromatic N) is 2. The van der Waals surface area contributed by atoms with Crippen LogP contribution in [0.1, 0.15) is 5.56 Å². The van der Waals surface area contributed by atoms with E-state index in [1.165, 1.54) is 24.4 Å². The van der Waals surface area contributed by atoms with Gasteiger partial charge in [0.05, 0.1) is 5.56 Å². The van der Waals surface area contributed by atoms with E-state index in [4.69, 9.17) is 11.6 Å². The zero-order chi connectivity index (χ0) is 19.1. The monoisotopic (exact) mass is 382 g/mol. The molecule has 0 spiro atoms. The van der Waals surface area contributed by atoms with Crippen LogP contribution in [0, 0.1) is 23.8 Å². The molecule has 2 heterocycles. The minimum absolute atomic E-state index is 0.113. The fraction of sp³-hybridized carbons (Fsp3) is 0.0476. The Hall–Kier alpha value is -3.05. The van der Waals surface area contributed by atoms with E-state index in [-0.39, 0.29) is 10.7 Å². The molecule has 0 amide bonds. The van der Waals surface area contributed by atoms with Crippen molar-refractivity contribution < 1.29 is 13.5 Å². The largest absolute Gasteiger partial charge is 0.618 e. The SMILES string of the molecule is Cc1ccccc1-c1c2nc(Cl)cc(-c3ccc(F)cc3F)c2cc[n+]1[O-]. The van der Waals surface area contributed by atoms with Crippen molar-refractivity contribution in [3.8, 4) is 22.4 Å². The Labute approximate surface area is 159 Å². The van der Waals surface area contributed by atoms with Gasteiger partial charge < -0.3 is 5.21 Å². The maximum Gasteiger partial charge on any atom is 0.250 e. The maximum atomic E-state index is 14.4. The Morgan fingerprint density at radius 3 is 2.48 bits per heavy atom. The molecule has 2 aromatic heterocycles. The van der Waals surface area contributed by atoms with E-state index in [9.17, 15) is 14.0 Å². The molecule has 0 fully saturated rings. The average Bonchev–Trinajstić information content (AvgIpc) is 2.62. The lowest BCUT2D eigenvalue weighted by Gasteiger charge is -2.13. The van der Waals surface area contributed by atoms with Crippen LogP contribution in [0.4, 0.5) is 8.78 Å². The molecule has 4 aromatic rings. The van der Waals surface area contributed by atoms with Crippen LogP contribution in [-0.4, -0.2) is 4.98 Å². The summed E-state index contributed by atoms with van der Waals surface area (Å²) in [5, 5.41) is 13.2. The van der Waals surface area contributed by atoms with Gasteiger partial charge in [0, 0.05) is 23.1 Å². The first-order valence-corrected chi connectivity index (χ1v) is 8.57. The lowest BCUT2D eigenvalue weighted by atomic mass is 9.98. The van der Waals surface area contributed by atoms with Crippen LogP contribution in [0.3, 0.4) is 0 Å². The third-order valence-corrected chi connectivity index (χ3v) is 4.66. The van der Waals surface area contributed by atoms with E-state index < -0.39 is 11.6 Å². The van der Waals surface area contributed by atoms with Gasteiger partial charge in [0.1, 0.15) is 22.3 Å². The smallest absolute Gasteiger partial charge is 0.250 e. The van der Waals surface area contributed by atoms with E-state index >= 15 is 0 Å². The highest BCUT2D eigenvalue weighted by Crippen LogP contribution is 2.35. The topological polar surface area (TPSA) is 39.8 Å². The summed E-state index contributed by atoms with van der Waals surface area (Å²) in [6.07, 6.45) is 1.35. The summed E-state index contributed by atoms with van der Waals surface area (Å²) in [5.41, 5.74) is 2.91. The van der Waals surface area contributed by atoms with Gasteiger partial charge in [-0.25, -0.2) is 13.8 Å². The third-order valence-electron chi connectivity index (χ3n) is 4.47. The van der Waals surface area contributed by atoms with Gasteiger partial charge in [-0.2, -0.15) is 4.73 Å². The molecule has 4 rings (SSSR count). The summed E-state index contributed by atoms with van der Waals surface area (Å²) in [6.45, 7) is 1.89. The number of aryl methyl sites for hydroxylation is 1. The second-order valence-corrected chi connectivity index (χ2v) is 6.57. The first-order chi connectivity index (χ1) is 13.0. The summed E-state index contributed by atoms with van der Waals surface area (Å²) in [6, 6.07) is 13.8. The average molecular weight is 383 g/mol. The van der Waals surface area contributed by atoms with Gasteiger partial charge in [-0.3, -0.25) is 0 Å². The zero-order valence-electron chi connectivity index (χ0n) is 14.2. The Morgan fingerprint density at radius 2 is 1.74 bits per heavy atom. The van der Waals surface area contributed by atoms with Crippen molar-refractivity contribution >= 4 is 22.5 Å². The number of benzene rings is 2. The molecule has 0 aliphatic rings. The minimum atomic E-state index is -0.713. The normalized spacial score (nSPS) is 11.1. The van der Waals surface area contributed by atoms with E-state index in [0.29, 0.717) is 27.7 Å². The van der Waals surface area contributed by atoms with Crippen LogP contribution in [0.15, 0.2) is 60.8 Å². The lowest BCUT2D eigenvalue weighted by molar-refractivity contribution is -0.592. The van der Waals surface area contributed by atoms with Crippen LogP contribution >= 0.6 is 11.6 Å². The molecule has 0 radical (unpaired) electrons. The third kappa shape index (κ3) is 3.00. The van der Waals surface area contributed by atoms with Gasteiger partial charge in [-0.05, 0) is 42.3 Å². The van der Waals surface area contributed by atoms with E-state index in [1.807, 2.05) is 31.2 Å². The predicted octanol–water partition coefficient (Wildman–Crippen LogP) is 5.44. The summed E-state index contributed by atoms with van der Waals surface area (Å²) < 4.78 is 28.4. The molecule has 3 nitrogen and oxygen atoms in total. The Morgan fingerprint density at radius 1 is 0.963 bits per heavy atom. The summed E-state index contributed by atoms with van der Waals surface area (Å²) in [5.74, 6) is -1.38. The molecule has 0 N–H and O–H groups in total. The van der Waals surface area contributed by atoms with Crippen molar-refractivity contribution in [2.24, 2.45) is 0 Å². The number of fused-ring (bicyclic) bond motifs is 1. The Kier molecular flexibility index (Phi) is 4.24. The standard InChI is InChI=1S/C21H13ClF2N2O/c1-12-4-2-3-5-14(12)21-20-16(8-9-26(21)27)17(11-19(22)25-20)15-7-6-13(23)10-18(15)24/h2-11H,1H3. The van der Waals surface area contributed by atoms with Gasteiger partial charge in [0.2, 0.25) is 0 Å². The minimum Gasteiger partial charge on any atom is -0.618 e. The fourth-order valence-corrected chi connectivity index (χ4v) is 3.40. The Balaban J connectivity index is 2.10. The predicted molar refractivity (Wildman–Crippen MR) is 101 cm³/mol. The quantitative estimate of drug-likeness (QED) is 0.263. The molecule has 0 unspecified atom stereocenters. The maximum absolute atomic E-state index is 14.4. The van der Waals surface area contributed by atoms with Crippen LogP contribution in [0.2, 0.25) is 5.15 Å². The molecule has 0 atom stereocenters. The van der Waals surface area contributed by atoms with Gasteiger partial charge in [0.25, 0.3) is 5.69 Å². The highest BCUT2D eigenvalue weighted by Gasteiger charge is 2.21. The van der Waals surface area contributed by atoms with Crippen molar-refractivity contribution in [1.29, 1.82) is 0 Å². The van der Waals surface area contributed by atoms with Gasteiger partial charge >= 0.3 is 0 Å². The van der Waals surface area contributed by atoms with Crippen LogP contribution in [0.5, 0.6) is 0 Å². The molecule has 0 saturated carbocycles. The first-order valence-electron chi connectivity index (χ1n) is 8.19. The second kappa shape index (κ2) is 6.59. The lowest BCUT2D eigenvalue weighted by Crippen LogP contribution is -2.29. The molecule has 0 bridgehead atoms. The molecule has 27 heavy (non-hydrogen) atoms. The number of hydrogen-bond donors (Lipinski definition) is 0. The van der Waals surface area contributed by atoms with E-state index in [2.05, 4.69) is 4.98 Å². The molecule has 134 valence electrons. The van der Waals surface area contributed by atoms with Crippen molar-refractivity contribution in [2.75, 3.05) is 0 Å². The molecule has 0 saturated heterocycles. The Bertz CT molecular complexity index is 1190. The highest BCUT2D eigenvalue weighted by molar-refractivity contribution is 6.30. The highest BCUT2D eigenvalue weighted by atomic mass is 35.5. The fourth-order valence-electron chi connectivity index (χ4n) is 3.21. The molecule has 0 aliphatic heterocycles. The summed E-state index contributed by atoms with van der Waals surface area (Å²) in [4.78, 5) is 4.34. The van der Waals surface area contributed by atoms with Crippen molar-refractivity contribution in [3.63, 3.8) is 0 Å². The molecular formula is C21H13ClF2N2O. The summed E-state index contributed by atoms with van der Waals surface area (Å²) >= 11 is 6.19. The van der Waals surface area contributed by atoms with E-state index in [1.54, 1.807) is 6.07 Å². The van der Waals surface area contributed by atoms with Crippen LogP contribution < -0.4 is 4.73 Å². The summed E-state index contributed by atoms with van der Waals surface area (Å²) in [7, 11) is 0. The van der Waals surface area contributed by atoms with Gasteiger partial charge in [-0.1, -0.05) is 29.8 Å². The van der Waals surface area contributed by atoms with Crippen LogP contribution in [0.25, 0.3) is 33.3 Å².